The lowest BCUT2D eigenvalue weighted by atomic mass is 10.2. The number of hydrogen-bond acceptors (Lipinski definition) is 3. The van der Waals surface area contributed by atoms with Gasteiger partial charge in [0.15, 0.2) is 0 Å². The van der Waals surface area contributed by atoms with Crippen LogP contribution in [0.3, 0.4) is 0 Å². The number of nitrogens with zero attached hydrogens (tertiary/aromatic N) is 2. The van der Waals surface area contributed by atoms with Crippen LogP contribution in [0, 0.1) is 17.1 Å². The van der Waals surface area contributed by atoms with Crippen LogP contribution in [0.5, 0.6) is 0 Å². The highest BCUT2D eigenvalue weighted by atomic mass is 35.5. The Labute approximate surface area is 72.4 Å². The smallest absolute Gasteiger partial charge is 0.270 e. The monoisotopic (exact) mass is 184 g/mol. The Balaban J connectivity index is 3.21. The first-order valence-corrected chi connectivity index (χ1v) is 3.28. The number of aromatic nitrogens is 1. The number of nitriles is 1. The second-order valence-corrected chi connectivity index (χ2v) is 2.28. The largest absolute Gasteiger partial charge is 0.274 e. The summed E-state index contributed by atoms with van der Waals surface area (Å²) in [4.78, 5) is 13.9. The van der Waals surface area contributed by atoms with Crippen molar-refractivity contribution < 1.29 is 9.18 Å². The van der Waals surface area contributed by atoms with Gasteiger partial charge in [0.05, 0.1) is 0 Å². The Morgan fingerprint density at radius 2 is 2.42 bits per heavy atom. The van der Waals surface area contributed by atoms with Crippen LogP contribution in [0.4, 0.5) is 4.39 Å². The third kappa shape index (κ3) is 1.57. The summed E-state index contributed by atoms with van der Waals surface area (Å²) in [6, 6.07) is 2.40. The fourth-order valence-corrected chi connectivity index (χ4v) is 0.724. The van der Waals surface area contributed by atoms with Gasteiger partial charge in [-0.1, -0.05) is 0 Å². The maximum Gasteiger partial charge on any atom is 0.270 e. The van der Waals surface area contributed by atoms with Gasteiger partial charge in [-0.25, -0.2) is 4.39 Å². The molecule has 0 bridgehead atoms. The first-order chi connectivity index (χ1) is 5.65. The zero-order valence-electron chi connectivity index (χ0n) is 5.71. The van der Waals surface area contributed by atoms with Crippen LogP contribution >= 0.6 is 11.6 Å². The molecule has 0 saturated heterocycles. The summed E-state index contributed by atoms with van der Waals surface area (Å²) in [5.74, 6) is -0.795. The molecule has 0 radical (unpaired) electrons. The summed E-state index contributed by atoms with van der Waals surface area (Å²) in [5, 5.41) is 7.45. The molecule has 60 valence electrons. The molecule has 1 rings (SSSR count). The molecule has 12 heavy (non-hydrogen) atoms. The van der Waals surface area contributed by atoms with Gasteiger partial charge in [0.25, 0.3) is 5.24 Å². The van der Waals surface area contributed by atoms with Gasteiger partial charge in [-0.05, 0) is 11.6 Å². The van der Waals surface area contributed by atoms with E-state index in [-0.39, 0.29) is 11.3 Å². The predicted octanol–water partition coefficient (Wildman–Crippen LogP) is 1.47. The lowest BCUT2D eigenvalue weighted by Gasteiger charge is -1.93. The van der Waals surface area contributed by atoms with Crippen molar-refractivity contribution in [3.05, 3.63) is 29.3 Å². The summed E-state index contributed by atoms with van der Waals surface area (Å²) >= 11 is 5.02. The number of hydrogen-bond donors (Lipinski definition) is 0. The summed E-state index contributed by atoms with van der Waals surface area (Å²) in [6.45, 7) is 0. The molecule has 0 aromatic carbocycles. The molecule has 1 aromatic rings. The minimum atomic E-state index is -0.849. The van der Waals surface area contributed by atoms with Gasteiger partial charge in [-0.3, -0.25) is 9.78 Å². The van der Waals surface area contributed by atoms with E-state index in [9.17, 15) is 9.18 Å². The second kappa shape index (κ2) is 3.28. The fourth-order valence-electron chi connectivity index (χ4n) is 0.621. The van der Waals surface area contributed by atoms with E-state index in [4.69, 9.17) is 16.9 Å². The SMILES string of the molecule is N#Cc1cnc(C(=O)Cl)cc1F. The molecule has 0 spiro atoms. The van der Waals surface area contributed by atoms with Crippen LogP contribution in [0.2, 0.25) is 0 Å². The molecule has 0 fully saturated rings. The molecule has 1 aromatic heterocycles. The van der Waals surface area contributed by atoms with Gasteiger partial charge in [0.2, 0.25) is 0 Å². The topological polar surface area (TPSA) is 53.8 Å². The molecular formula is C7H2ClFN2O. The van der Waals surface area contributed by atoms with Crippen molar-refractivity contribution in [1.82, 2.24) is 4.98 Å². The fraction of sp³-hybridized carbons (Fsp3) is 0. The normalized spacial score (nSPS) is 9.08. The number of halogens is 2. The minimum Gasteiger partial charge on any atom is -0.274 e. The Hall–Kier alpha value is -1.47. The van der Waals surface area contributed by atoms with Crippen molar-refractivity contribution in [3.8, 4) is 6.07 Å². The van der Waals surface area contributed by atoms with E-state index >= 15 is 0 Å². The van der Waals surface area contributed by atoms with E-state index in [1.807, 2.05) is 0 Å². The Bertz CT molecular complexity index is 372. The van der Waals surface area contributed by atoms with Gasteiger partial charge < -0.3 is 0 Å². The first kappa shape index (κ1) is 8.62. The molecule has 0 unspecified atom stereocenters. The molecule has 5 heteroatoms. The summed E-state index contributed by atoms with van der Waals surface area (Å²) in [5.41, 5.74) is -0.412. The molecule has 3 nitrogen and oxygen atoms in total. The van der Waals surface area contributed by atoms with Gasteiger partial charge >= 0.3 is 0 Å². The van der Waals surface area contributed by atoms with Gasteiger partial charge in [0, 0.05) is 12.3 Å². The number of carbonyl (C=O) groups is 1. The van der Waals surface area contributed by atoms with Crippen molar-refractivity contribution in [2.75, 3.05) is 0 Å². The lowest BCUT2D eigenvalue weighted by molar-refractivity contribution is 0.107. The van der Waals surface area contributed by atoms with Crippen molar-refractivity contribution in [1.29, 1.82) is 5.26 Å². The minimum absolute atomic E-state index is 0.201. The second-order valence-electron chi connectivity index (χ2n) is 1.93. The van der Waals surface area contributed by atoms with Crippen LogP contribution < -0.4 is 0 Å². The van der Waals surface area contributed by atoms with E-state index in [2.05, 4.69) is 4.98 Å². The van der Waals surface area contributed by atoms with E-state index < -0.39 is 11.1 Å². The van der Waals surface area contributed by atoms with Crippen LogP contribution in [-0.2, 0) is 0 Å². The van der Waals surface area contributed by atoms with Crippen molar-refractivity contribution in [2.24, 2.45) is 0 Å². The first-order valence-electron chi connectivity index (χ1n) is 2.90. The molecule has 0 aliphatic carbocycles. The van der Waals surface area contributed by atoms with Crippen molar-refractivity contribution in [2.45, 2.75) is 0 Å². The van der Waals surface area contributed by atoms with Gasteiger partial charge in [0.1, 0.15) is 23.1 Å². The summed E-state index contributed by atoms with van der Waals surface area (Å²) in [7, 11) is 0. The van der Waals surface area contributed by atoms with Crippen LogP contribution in [0.25, 0.3) is 0 Å². The van der Waals surface area contributed by atoms with Crippen molar-refractivity contribution in [3.63, 3.8) is 0 Å². The molecule has 0 amide bonds. The summed E-state index contributed by atoms with van der Waals surface area (Å²) in [6.07, 6.45) is 0.963. The maximum absolute atomic E-state index is 12.7. The highest BCUT2D eigenvalue weighted by Gasteiger charge is 2.07. The van der Waals surface area contributed by atoms with Gasteiger partial charge in [-0.2, -0.15) is 5.26 Å². The molecule has 1 heterocycles. The highest BCUT2D eigenvalue weighted by Crippen LogP contribution is 2.07. The zero-order valence-corrected chi connectivity index (χ0v) is 6.47. The molecule has 0 aliphatic heterocycles. The number of pyridine rings is 1. The molecule has 0 N–H and O–H groups in total. The quantitative estimate of drug-likeness (QED) is 0.621. The van der Waals surface area contributed by atoms with E-state index in [0.29, 0.717) is 0 Å². The number of rotatable bonds is 1. The average molecular weight is 185 g/mol. The van der Waals surface area contributed by atoms with E-state index in [1.165, 1.54) is 0 Å². The Morgan fingerprint density at radius 3 is 2.83 bits per heavy atom. The van der Waals surface area contributed by atoms with E-state index in [1.54, 1.807) is 6.07 Å². The molecule has 0 saturated carbocycles. The van der Waals surface area contributed by atoms with Crippen LogP contribution in [0.1, 0.15) is 16.1 Å². The number of carbonyl (C=O) groups excluding carboxylic acids is 1. The Morgan fingerprint density at radius 1 is 1.75 bits per heavy atom. The Kier molecular flexibility index (Phi) is 2.36. The standard InChI is InChI=1S/C7H2ClFN2O/c8-7(12)6-1-5(9)4(2-10)3-11-6/h1,3H. The molecule has 0 atom stereocenters. The van der Waals surface area contributed by atoms with Crippen molar-refractivity contribution >= 4 is 16.8 Å². The maximum atomic E-state index is 12.7. The third-order valence-electron chi connectivity index (χ3n) is 1.18. The third-order valence-corrected chi connectivity index (χ3v) is 1.37. The average Bonchev–Trinajstić information content (AvgIpc) is 2.04. The molecular weight excluding hydrogens is 183 g/mol. The summed E-state index contributed by atoms with van der Waals surface area (Å²) < 4.78 is 12.7. The molecule has 0 aliphatic rings. The predicted molar refractivity (Wildman–Crippen MR) is 39.1 cm³/mol. The van der Waals surface area contributed by atoms with E-state index in [0.717, 1.165) is 12.3 Å². The van der Waals surface area contributed by atoms with Crippen LogP contribution in [-0.4, -0.2) is 10.2 Å². The highest BCUT2D eigenvalue weighted by molar-refractivity contribution is 6.67. The van der Waals surface area contributed by atoms with Gasteiger partial charge in [-0.15, -0.1) is 0 Å². The zero-order chi connectivity index (χ0) is 9.14. The van der Waals surface area contributed by atoms with Crippen LogP contribution in [0.15, 0.2) is 12.3 Å². The lowest BCUT2D eigenvalue weighted by Crippen LogP contribution is -1.96.